The molecule has 0 unspecified atom stereocenters. The van der Waals surface area contributed by atoms with Crippen molar-refractivity contribution in [2.75, 3.05) is 13.1 Å². The van der Waals surface area contributed by atoms with Gasteiger partial charge in [0.2, 0.25) is 5.91 Å². The maximum Gasteiger partial charge on any atom is 0.223 e. The highest BCUT2D eigenvalue weighted by atomic mass is 32.1. The summed E-state index contributed by atoms with van der Waals surface area (Å²) in [5, 5.41) is 3.18. The van der Waals surface area contributed by atoms with E-state index in [2.05, 4.69) is 4.98 Å². The SMILES string of the molecule is Cc1ccc(C(=O)CCC(=O)N2CCC(c3nccs3)CC2)cc1. The lowest BCUT2D eigenvalue weighted by Gasteiger charge is -2.31. The second-order valence-corrected chi connectivity index (χ2v) is 7.24. The number of hydrogen-bond acceptors (Lipinski definition) is 4. The second kappa shape index (κ2) is 7.71. The van der Waals surface area contributed by atoms with Crippen LogP contribution in [0.25, 0.3) is 0 Å². The topological polar surface area (TPSA) is 50.3 Å². The number of hydrogen-bond donors (Lipinski definition) is 0. The average Bonchev–Trinajstić information content (AvgIpc) is 3.15. The minimum Gasteiger partial charge on any atom is -0.343 e. The molecule has 0 spiro atoms. The molecule has 0 radical (unpaired) electrons. The van der Waals surface area contributed by atoms with Gasteiger partial charge in [-0.1, -0.05) is 29.8 Å². The summed E-state index contributed by atoms with van der Waals surface area (Å²) in [6, 6.07) is 7.53. The van der Waals surface area contributed by atoms with Crippen LogP contribution in [0.4, 0.5) is 0 Å². The summed E-state index contributed by atoms with van der Waals surface area (Å²) < 4.78 is 0. The number of benzene rings is 1. The zero-order valence-electron chi connectivity index (χ0n) is 13.9. The summed E-state index contributed by atoms with van der Waals surface area (Å²) in [7, 11) is 0. The number of rotatable bonds is 5. The third-order valence-corrected chi connectivity index (χ3v) is 5.53. The summed E-state index contributed by atoms with van der Waals surface area (Å²) in [6.45, 7) is 3.52. The fourth-order valence-electron chi connectivity index (χ4n) is 3.07. The van der Waals surface area contributed by atoms with Crippen molar-refractivity contribution in [3.63, 3.8) is 0 Å². The van der Waals surface area contributed by atoms with Gasteiger partial charge in [-0.15, -0.1) is 11.3 Å². The minimum absolute atomic E-state index is 0.0426. The van der Waals surface area contributed by atoms with Crippen LogP contribution in [0, 0.1) is 6.92 Å². The lowest BCUT2D eigenvalue weighted by atomic mass is 9.97. The van der Waals surface area contributed by atoms with Gasteiger partial charge in [0, 0.05) is 49.0 Å². The minimum atomic E-state index is 0.0426. The third kappa shape index (κ3) is 4.09. The van der Waals surface area contributed by atoms with Crippen molar-refractivity contribution in [3.8, 4) is 0 Å². The molecule has 2 heterocycles. The smallest absolute Gasteiger partial charge is 0.223 e. The number of likely N-dealkylation sites (tertiary alicyclic amines) is 1. The van der Waals surface area contributed by atoms with Crippen LogP contribution in [0.15, 0.2) is 35.8 Å². The second-order valence-electron chi connectivity index (χ2n) is 6.31. The van der Waals surface area contributed by atoms with Crippen molar-refractivity contribution in [2.24, 2.45) is 0 Å². The van der Waals surface area contributed by atoms with Gasteiger partial charge in [0.15, 0.2) is 5.78 Å². The fraction of sp³-hybridized carbons (Fsp3) is 0.421. The number of piperidine rings is 1. The molecule has 126 valence electrons. The third-order valence-electron chi connectivity index (χ3n) is 4.59. The van der Waals surface area contributed by atoms with Crippen LogP contribution in [-0.2, 0) is 4.79 Å². The van der Waals surface area contributed by atoms with E-state index in [-0.39, 0.29) is 18.1 Å². The van der Waals surface area contributed by atoms with Gasteiger partial charge in [0.05, 0.1) is 5.01 Å². The quantitative estimate of drug-likeness (QED) is 0.776. The van der Waals surface area contributed by atoms with Crippen LogP contribution >= 0.6 is 11.3 Å². The number of carbonyl (C=O) groups excluding carboxylic acids is 2. The van der Waals surface area contributed by atoms with Crippen LogP contribution in [0.2, 0.25) is 0 Å². The van der Waals surface area contributed by atoms with Crippen molar-refractivity contribution >= 4 is 23.0 Å². The van der Waals surface area contributed by atoms with E-state index in [9.17, 15) is 9.59 Å². The van der Waals surface area contributed by atoms with Crippen molar-refractivity contribution in [1.82, 2.24) is 9.88 Å². The Kier molecular flexibility index (Phi) is 5.41. The molecule has 1 aromatic carbocycles. The summed E-state index contributed by atoms with van der Waals surface area (Å²) >= 11 is 1.69. The van der Waals surface area contributed by atoms with Gasteiger partial charge in [0.1, 0.15) is 0 Å². The largest absolute Gasteiger partial charge is 0.343 e. The maximum atomic E-state index is 12.3. The van der Waals surface area contributed by atoms with Crippen molar-refractivity contribution in [2.45, 2.75) is 38.5 Å². The van der Waals surface area contributed by atoms with E-state index < -0.39 is 0 Å². The predicted octanol–water partition coefficient (Wildman–Crippen LogP) is 3.82. The van der Waals surface area contributed by atoms with Gasteiger partial charge in [0.25, 0.3) is 0 Å². The van der Waals surface area contributed by atoms with Gasteiger partial charge >= 0.3 is 0 Å². The predicted molar refractivity (Wildman–Crippen MR) is 95.4 cm³/mol. The number of ketones is 1. The fourth-order valence-corrected chi connectivity index (χ4v) is 3.89. The number of aromatic nitrogens is 1. The van der Waals surface area contributed by atoms with Crippen molar-refractivity contribution < 1.29 is 9.59 Å². The zero-order valence-corrected chi connectivity index (χ0v) is 14.7. The lowest BCUT2D eigenvalue weighted by Crippen LogP contribution is -2.38. The molecule has 1 fully saturated rings. The van der Waals surface area contributed by atoms with E-state index in [1.807, 2.05) is 47.7 Å². The Morgan fingerprint density at radius 3 is 2.50 bits per heavy atom. The summed E-state index contributed by atoms with van der Waals surface area (Å²) in [6.07, 6.45) is 4.35. The van der Waals surface area contributed by atoms with E-state index in [0.29, 0.717) is 17.9 Å². The Hall–Kier alpha value is -2.01. The maximum absolute atomic E-state index is 12.3. The molecule has 0 atom stereocenters. The monoisotopic (exact) mass is 342 g/mol. The molecule has 1 amide bonds. The molecule has 0 bridgehead atoms. The van der Waals surface area contributed by atoms with Gasteiger partial charge < -0.3 is 4.90 Å². The molecule has 0 aliphatic carbocycles. The zero-order chi connectivity index (χ0) is 16.9. The molecule has 1 saturated heterocycles. The van der Waals surface area contributed by atoms with E-state index in [1.165, 1.54) is 5.01 Å². The Morgan fingerprint density at radius 1 is 1.17 bits per heavy atom. The first-order valence-corrected chi connectivity index (χ1v) is 9.28. The number of Topliss-reactive ketones (excluding diaryl/α,β-unsaturated/α-hetero) is 1. The number of amides is 1. The van der Waals surface area contributed by atoms with Crippen LogP contribution in [0.1, 0.15) is 52.5 Å². The first-order chi connectivity index (χ1) is 11.6. The Bertz CT molecular complexity index is 687. The van der Waals surface area contributed by atoms with Crippen LogP contribution in [-0.4, -0.2) is 34.7 Å². The van der Waals surface area contributed by atoms with Crippen molar-refractivity contribution in [3.05, 3.63) is 52.0 Å². The van der Waals surface area contributed by atoms with E-state index in [1.54, 1.807) is 11.3 Å². The normalized spacial score (nSPS) is 15.5. The molecule has 1 aliphatic rings. The molecule has 2 aromatic rings. The molecule has 24 heavy (non-hydrogen) atoms. The molecule has 4 nitrogen and oxygen atoms in total. The molecular weight excluding hydrogens is 320 g/mol. The number of thiazole rings is 1. The first kappa shape index (κ1) is 16.8. The molecule has 1 aromatic heterocycles. The highest BCUT2D eigenvalue weighted by molar-refractivity contribution is 7.09. The van der Waals surface area contributed by atoms with Crippen LogP contribution in [0.5, 0.6) is 0 Å². The molecule has 3 rings (SSSR count). The average molecular weight is 342 g/mol. The van der Waals surface area contributed by atoms with E-state index >= 15 is 0 Å². The highest BCUT2D eigenvalue weighted by Crippen LogP contribution is 2.29. The van der Waals surface area contributed by atoms with Gasteiger partial charge in [-0.2, -0.15) is 0 Å². The highest BCUT2D eigenvalue weighted by Gasteiger charge is 2.25. The lowest BCUT2D eigenvalue weighted by molar-refractivity contribution is -0.132. The Labute approximate surface area is 146 Å². The van der Waals surface area contributed by atoms with E-state index in [0.717, 1.165) is 31.5 Å². The van der Waals surface area contributed by atoms with Crippen molar-refractivity contribution in [1.29, 1.82) is 0 Å². The van der Waals surface area contributed by atoms with E-state index in [4.69, 9.17) is 0 Å². The molecule has 1 aliphatic heterocycles. The van der Waals surface area contributed by atoms with Gasteiger partial charge in [-0.05, 0) is 19.8 Å². The standard InChI is InChI=1S/C19H22N2O2S/c1-14-2-4-15(5-3-14)17(22)6-7-18(23)21-11-8-16(9-12-21)19-20-10-13-24-19/h2-5,10,13,16H,6-9,11-12H2,1H3. The number of aryl methyl sites for hydroxylation is 1. The molecular formula is C19H22N2O2S. The Morgan fingerprint density at radius 2 is 1.88 bits per heavy atom. The number of carbonyl (C=O) groups is 2. The summed E-state index contributed by atoms with van der Waals surface area (Å²) in [5.74, 6) is 0.609. The molecule has 0 saturated carbocycles. The van der Waals surface area contributed by atoms with Crippen LogP contribution in [0.3, 0.4) is 0 Å². The van der Waals surface area contributed by atoms with Crippen LogP contribution < -0.4 is 0 Å². The summed E-state index contributed by atoms with van der Waals surface area (Å²) in [4.78, 5) is 30.8. The van der Waals surface area contributed by atoms with Gasteiger partial charge in [-0.25, -0.2) is 4.98 Å². The van der Waals surface area contributed by atoms with Gasteiger partial charge in [-0.3, -0.25) is 9.59 Å². The first-order valence-electron chi connectivity index (χ1n) is 8.40. The number of nitrogens with zero attached hydrogens (tertiary/aromatic N) is 2. The Balaban J connectivity index is 1.46. The molecule has 0 N–H and O–H groups in total. The summed E-state index contributed by atoms with van der Waals surface area (Å²) in [5.41, 5.74) is 1.82. The molecule has 5 heteroatoms.